The second kappa shape index (κ2) is 8.39. The van der Waals surface area contributed by atoms with Crippen molar-refractivity contribution in [2.24, 2.45) is 0 Å². The third-order valence-corrected chi connectivity index (χ3v) is 2.59. The highest BCUT2D eigenvalue weighted by molar-refractivity contribution is 6.83. The minimum Gasteiger partial charge on any atom is -0.131 e. The van der Waals surface area contributed by atoms with Gasteiger partial charge in [0, 0.05) is 0 Å². The fraction of sp³-hybridized carbons (Fsp3) is 0.571. The molecule has 0 unspecified atom stereocenters. The van der Waals surface area contributed by atoms with E-state index in [2.05, 4.69) is 55.9 Å². The van der Waals surface area contributed by atoms with Gasteiger partial charge in [0.25, 0.3) is 0 Å². The summed E-state index contributed by atoms with van der Waals surface area (Å²) < 4.78 is 0. The molecule has 0 saturated carbocycles. The molecule has 0 rings (SSSR count). The lowest BCUT2D eigenvalue weighted by molar-refractivity contribution is 0.815. The molecule has 15 heavy (non-hydrogen) atoms. The highest BCUT2D eigenvalue weighted by Crippen LogP contribution is 1.96. The molecule has 0 fully saturated rings. The van der Waals surface area contributed by atoms with Crippen LogP contribution >= 0.6 is 0 Å². The molecule has 0 bridgehead atoms. The first-order valence-corrected chi connectivity index (χ1v) is 9.19. The van der Waals surface area contributed by atoms with Gasteiger partial charge >= 0.3 is 0 Å². The van der Waals surface area contributed by atoms with Crippen LogP contribution in [-0.2, 0) is 0 Å². The zero-order valence-corrected chi connectivity index (χ0v) is 11.5. The van der Waals surface area contributed by atoms with Crippen molar-refractivity contribution < 1.29 is 0 Å². The minimum atomic E-state index is -1.19. The standard InChI is InChI=1S/C14H22Si/c1-5-6-7-8-9-10-11-12-13-14-15(2,3)4/h8-9H,5-7,12H2,1-4H3/b9-8-. The summed E-state index contributed by atoms with van der Waals surface area (Å²) in [4.78, 5) is 0. The van der Waals surface area contributed by atoms with E-state index < -0.39 is 8.07 Å². The number of rotatable bonds is 3. The van der Waals surface area contributed by atoms with Gasteiger partial charge in [-0.3, -0.25) is 0 Å². The summed E-state index contributed by atoms with van der Waals surface area (Å²) in [6.07, 6.45) is 8.45. The molecule has 0 aliphatic heterocycles. The van der Waals surface area contributed by atoms with Gasteiger partial charge in [-0.25, -0.2) is 0 Å². The molecule has 1 heteroatoms. The minimum absolute atomic E-state index is 0.711. The van der Waals surface area contributed by atoms with Crippen molar-refractivity contribution in [3.8, 4) is 23.3 Å². The molecule has 0 aliphatic carbocycles. The largest absolute Gasteiger partial charge is 0.131 e. The first-order chi connectivity index (χ1) is 7.06. The van der Waals surface area contributed by atoms with Crippen molar-refractivity contribution in [2.45, 2.75) is 52.2 Å². The molecule has 0 aromatic heterocycles. The highest BCUT2D eigenvalue weighted by atomic mass is 28.3. The Morgan fingerprint density at radius 2 is 1.87 bits per heavy atom. The quantitative estimate of drug-likeness (QED) is 0.381. The predicted octanol–water partition coefficient (Wildman–Crippen LogP) is 4.01. The average Bonchev–Trinajstić information content (AvgIpc) is 2.14. The summed E-state index contributed by atoms with van der Waals surface area (Å²) in [5, 5.41) is 0. The second-order valence-electron chi connectivity index (χ2n) is 4.59. The zero-order chi connectivity index (χ0) is 11.6. The Hall–Kier alpha value is -0.923. The van der Waals surface area contributed by atoms with Gasteiger partial charge in [0.15, 0.2) is 0 Å². The Labute approximate surface area is 96.2 Å². The number of unbranched alkanes of at least 4 members (excludes halogenated alkanes) is 2. The molecule has 82 valence electrons. The second-order valence-corrected chi connectivity index (χ2v) is 9.34. The Morgan fingerprint density at radius 1 is 1.13 bits per heavy atom. The molecular formula is C14H22Si. The molecule has 0 atom stereocenters. The van der Waals surface area contributed by atoms with E-state index in [4.69, 9.17) is 0 Å². The summed E-state index contributed by atoms with van der Waals surface area (Å²) in [6, 6.07) is 0. The zero-order valence-electron chi connectivity index (χ0n) is 10.5. The van der Waals surface area contributed by atoms with Gasteiger partial charge in [0.05, 0.1) is 6.42 Å². The topological polar surface area (TPSA) is 0 Å². The molecule has 0 amide bonds. The van der Waals surface area contributed by atoms with Crippen molar-refractivity contribution in [1.29, 1.82) is 0 Å². The van der Waals surface area contributed by atoms with Gasteiger partial charge in [0.2, 0.25) is 0 Å². The first-order valence-electron chi connectivity index (χ1n) is 5.69. The van der Waals surface area contributed by atoms with E-state index in [1.54, 1.807) is 0 Å². The fourth-order valence-electron chi connectivity index (χ4n) is 0.928. The van der Waals surface area contributed by atoms with Crippen LogP contribution in [0.5, 0.6) is 0 Å². The summed E-state index contributed by atoms with van der Waals surface area (Å²) >= 11 is 0. The maximum Gasteiger partial charge on any atom is 0.129 e. The molecule has 0 N–H and O–H groups in total. The normalized spacial score (nSPS) is 10.4. The molecule has 0 nitrogen and oxygen atoms in total. The van der Waals surface area contributed by atoms with Crippen molar-refractivity contribution in [2.75, 3.05) is 0 Å². The van der Waals surface area contributed by atoms with E-state index in [-0.39, 0.29) is 0 Å². The lowest BCUT2D eigenvalue weighted by Gasteiger charge is -2.02. The lowest BCUT2D eigenvalue weighted by Crippen LogP contribution is -2.16. The van der Waals surface area contributed by atoms with Crippen LogP contribution in [0, 0.1) is 23.3 Å². The Kier molecular flexibility index (Phi) is 7.87. The first kappa shape index (κ1) is 14.1. The van der Waals surface area contributed by atoms with Crippen LogP contribution in [-0.4, -0.2) is 8.07 Å². The molecule has 0 spiro atoms. The number of hydrogen-bond donors (Lipinski definition) is 0. The summed E-state index contributed by atoms with van der Waals surface area (Å²) in [6.45, 7) is 8.94. The Morgan fingerprint density at radius 3 is 2.47 bits per heavy atom. The number of allylic oxidation sites excluding steroid dienone is 2. The molecule has 0 aromatic carbocycles. The average molecular weight is 218 g/mol. The Bertz CT molecular complexity index is 296. The Balaban J connectivity index is 3.71. The predicted molar refractivity (Wildman–Crippen MR) is 72.2 cm³/mol. The third-order valence-electron chi connectivity index (χ3n) is 1.67. The SMILES string of the molecule is CCCC/C=C\C#CCC#C[Si](C)(C)C. The van der Waals surface area contributed by atoms with Crippen LogP contribution < -0.4 is 0 Å². The van der Waals surface area contributed by atoms with Gasteiger partial charge < -0.3 is 0 Å². The molecule has 0 radical (unpaired) electrons. The third kappa shape index (κ3) is 13.1. The van der Waals surface area contributed by atoms with Crippen LogP contribution in [0.3, 0.4) is 0 Å². The van der Waals surface area contributed by atoms with E-state index in [1.807, 2.05) is 6.08 Å². The van der Waals surface area contributed by atoms with Crippen LogP contribution in [0.4, 0.5) is 0 Å². The molecule has 0 aromatic rings. The van der Waals surface area contributed by atoms with Crippen molar-refractivity contribution in [3.63, 3.8) is 0 Å². The van der Waals surface area contributed by atoms with Crippen LogP contribution in [0.2, 0.25) is 19.6 Å². The summed E-state index contributed by atoms with van der Waals surface area (Å²) in [7, 11) is -1.19. The van der Waals surface area contributed by atoms with Crippen molar-refractivity contribution in [3.05, 3.63) is 12.2 Å². The monoisotopic (exact) mass is 218 g/mol. The maximum atomic E-state index is 3.30. The smallest absolute Gasteiger partial charge is 0.129 e. The van der Waals surface area contributed by atoms with E-state index in [0.717, 1.165) is 6.42 Å². The highest BCUT2D eigenvalue weighted by Gasteiger charge is 2.06. The van der Waals surface area contributed by atoms with Crippen LogP contribution in [0.1, 0.15) is 32.6 Å². The summed E-state index contributed by atoms with van der Waals surface area (Å²) in [5.74, 6) is 9.19. The van der Waals surface area contributed by atoms with Gasteiger partial charge in [-0.05, 0) is 12.5 Å². The van der Waals surface area contributed by atoms with E-state index in [9.17, 15) is 0 Å². The summed E-state index contributed by atoms with van der Waals surface area (Å²) in [5.41, 5.74) is 3.30. The van der Waals surface area contributed by atoms with E-state index in [1.165, 1.54) is 12.8 Å². The van der Waals surface area contributed by atoms with E-state index in [0.29, 0.717) is 6.42 Å². The van der Waals surface area contributed by atoms with Gasteiger partial charge in [0.1, 0.15) is 8.07 Å². The van der Waals surface area contributed by atoms with Crippen molar-refractivity contribution in [1.82, 2.24) is 0 Å². The van der Waals surface area contributed by atoms with Crippen molar-refractivity contribution >= 4 is 8.07 Å². The van der Waals surface area contributed by atoms with Gasteiger partial charge in [-0.15, -0.1) is 5.54 Å². The molecular weight excluding hydrogens is 196 g/mol. The maximum absolute atomic E-state index is 3.30. The molecule has 0 saturated heterocycles. The van der Waals surface area contributed by atoms with Crippen LogP contribution in [0.25, 0.3) is 0 Å². The van der Waals surface area contributed by atoms with Crippen LogP contribution in [0.15, 0.2) is 12.2 Å². The van der Waals surface area contributed by atoms with Gasteiger partial charge in [-0.1, -0.05) is 63.2 Å². The number of hydrogen-bond acceptors (Lipinski definition) is 0. The van der Waals surface area contributed by atoms with E-state index >= 15 is 0 Å². The fourth-order valence-corrected chi connectivity index (χ4v) is 1.55. The molecule has 0 aliphatic rings. The molecule has 0 heterocycles. The van der Waals surface area contributed by atoms with Gasteiger partial charge in [-0.2, -0.15) is 0 Å². The lowest BCUT2D eigenvalue weighted by atomic mass is 10.2.